The van der Waals surface area contributed by atoms with Gasteiger partial charge in [0.1, 0.15) is 16.3 Å². The van der Waals surface area contributed by atoms with Gasteiger partial charge in [0.05, 0.1) is 11.7 Å². The molecule has 1 N–H and O–H groups in total. The van der Waals surface area contributed by atoms with Crippen LogP contribution in [0, 0.1) is 6.92 Å². The lowest BCUT2D eigenvalue weighted by Gasteiger charge is -2.22. The molecule has 0 radical (unpaired) electrons. The van der Waals surface area contributed by atoms with Crippen molar-refractivity contribution < 1.29 is 9.32 Å². The number of hydrogen-bond acceptors (Lipinski definition) is 6. The number of likely N-dealkylation sites (tertiary alicyclic amines) is 1. The quantitative estimate of drug-likeness (QED) is 0.885. The van der Waals surface area contributed by atoms with E-state index in [9.17, 15) is 4.79 Å². The maximum absolute atomic E-state index is 13.0. The van der Waals surface area contributed by atoms with Crippen molar-refractivity contribution in [1.82, 2.24) is 15.0 Å². The second-order valence-electron chi connectivity index (χ2n) is 6.43. The van der Waals surface area contributed by atoms with Gasteiger partial charge in [-0.15, -0.1) is 0 Å². The first-order chi connectivity index (χ1) is 11.5. The third-order valence-electron chi connectivity index (χ3n) is 4.29. The fourth-order valence-electron chi connectivity index (χ4n) is 3.00. The molecule has 1 atom stereocenters. The van der Waals surface area contributed by atoms with Crippen LogP contribution in [0.15, 0.2) is 10.6 Å². The summed E-state index contributed by atoms with van der Waals surface area (Å²) in [6.45, 7) is 9.61. The molecule has 3 heterocycles. The van der Waals surface area contributed by atoms with E-state index in [4.69, 9.17) is 4.52 Å². The molecule has 2 aromatic rings. The summed E-state index contributed by atoms with van der Waals surface area (Å²) < 4.78 is 5.42. The number of carbonyl (C=O) groups is 1. The number of anilines is 1. The first kappa shape index (κ1) is 17.0. The standard InChI is InChI=1S/C17H24N4O2S/c1-5-18-17-19-11(4)15(24-17)16(22)21-8-6-7-13(21)12-9-14(10(2)3)23-20-12/h9-10,13H,5-8H2,1-4H3,(H,18,19)/t13-/m0/s1. The van der Waals surface area contributed by atoms with Gasteiger partial charge in [-0.1, -0.05) is 30.3 Å². The molecule has 6 nitrogen and oxygen atoms in total. The van der Waals surface area contributed by atoms with E-state index in [0.717, 1.165) is 48.2 Å². The Labute approximate surface area is 146 Å². The molecule has 7 heteroatoms. The van der Waals surface area contributed by atoms with Gasteiger partial charge in [0.25, 0.3) is 5.91 Å². The Bertz CT molecular complexity index is 722. The Morgan fingerprint density at radius 2 is 2.33 bits per heavy atom. The highest BCUT2D eigenvalue weighted by Gasteiger charge is 2.34. The van der Waals surface area contributed by atoms with Crippen LogP contribution in [0.4, 0.5) is 5.13 Å². The zero-order chi connectivity index (χ0) is 17.3. The van der Waals surface area contributed by atoms with Crippen LogP contribution >= 0.6 is 11.3 Å². The molecular weight excluding hydrogens is 324 g/mol. The van der Waals surface area contributed by atoms with Gasteiger partial charge in [-0.2, -0.15) is 0 Å². The lowest BCUT2D eigenvalue weighted by atomic mass is 10.1. The van der Waals surface area contributed by atoms with E-state index < -0.39 is 0 Å². The highest BCUT2D eigenvalue weighted by molar-refractivity contribution is 7.17. The number of amides is 1. The summed E-state index contributed by atoms with van der Waals surface area (Å²) in [6.07, 6.45) is 1.91. The molecule has 24 heavy (non-hydrogen) atoms. The second-order valence-corrected chi connectivity index (χ2v) is 7.43. The summed E-state index contributed by atoms with van der Waals surface area (Å²) in [4.78, 5) is 20.1. The first-order valence-electron chi connectivity index (χ1n) is 8.50. The number of nitrogens with one attached hydrogen (secondary N) is 1. The number of hydrogen-bond donors (Lipinski definition) is 1. The summed E-state index contributed by atoms with van der Waals surface area (Å²) in [5.41, 5.74) is 1.65. The molecule has 3 rings (SSSR count). The lowest BCUT2D eigenvalue weighted by molar-refractivity contribution is 0.0734. The maximum atomic E-state index is 13.0. The van der Waals surface area contributed by atoms with E-state index in [0.29, 0.717) is 10.8 Å². The Morgan fingerprint density at radius 3 is 3.00 bits per heavy atom. The van der Waals surface area contributed by atoms with E-state index in [2.05, 4.69) is 29.3 Å². The van der Waals surface area contributed by atoms with E-state index in [-0.39, 0.29) is 11.9 Å². The predicted molar refractivity (Wildman–Crippen MR) is 94.6 cm³/mol. The molecule has 2 aromatic heterocycles. The van der Waals surface area contributed by atoms with Crippen LogP contribution in [-0.4, -0.2) is 34.0 Å². The van der Waals surface area contributed by atoms with Crippen LogP contribution in [0.2, 0.25) is 0 Å². The molecule has 0 spiro atoms. The van der Waals surface area contributed by atoms with E-state index in [1.807, 2.05) is 24.8 Å². The molecular formula is C17H24N4O2S. The largest absolute Gasteiger partial charge is 0.362 e. The molecule has 0 aliphatic carbocycles. The van der Waals surface area contributed by atoms with Crippen molar-refractivity contribution in [2.24, 2.45) is 0 Å². The fourth-order valence-corrected chi connectivity index (χ4v) is 3.99. The summed E-state index contributed by atoms with van der Waals surface area (Å²) >= 11 is 1.43. The van der Waals surface area contributed by atoms with Crippen molar-refractivity contribution in [2.75, 3.05) is 18.4 Å². The van der Waals surface area contributed by atoms with Crippen molar-refractivity contribution in [3.63, 3.8) is 0 Å². The van der Waals surface area contributed by atoms with Gasteiger partial charge in [0.2, 0.25) is 0 Å². The van der Waals surface area contributed by atoms with E-state index in [1.165, 1.54) is 11.3 Å². The molecule has 0 unspecified atom stereocenters. The van der Waals surface area contributed by atoms with Crippen LogP contribution in [-0.2, 0) is 0 Å². The van der Waals surface area contributed by atoms with Gasteiger partial charge < -0.3 is 14.7 Å². The highest BCUT2D eigenvalue weighted by atomic mass is 32.1. The molecule has 0 saturated carbocycles. The van der Waals surface area contributed by atoms with Crippen LogP contribution in [0.5, 0.6) is 0 Å². The number of thiazole rings is 1. The number of nitrogens with zero attached hydrogens (tertiary/aromatic N) is 3. The van der Waals surface area contributed by atoms with Gasteiger partial charge >= 0.3 is 0 Å². The molecule has 0 bridgehead atoms. The third-order valence-corrected chi connectivity index (χ3v) is 5.39. The zero-order valence-electron chi connectivity index (χ0n) is 14.6. The van der Waals surface area contributed by atoms with Gasteiger partial charge in [-0.25, -0.2) is 4.98 Å². The Morgan fingerprint density at radius 1 is 1.54 bits per heavy atom. The fraction of sp³-hybridized carbons (Fsp3) is 0.588. The molecule has 1 amide bonds. The third kappa shape index (κ3) is 3.17. The molecule has 1 fully saturated rings. The second kappa shape index (κ2) is 6.93. The van der Waals surface area contributed by atoms with Gasteiger partial charge in [0, 0.05) is 25.1 Å². The maximum Gasteiger partial charge on any atom is 0.266 e. The van der Waals surface area contributed by atoms with Crippen molar-refractivity contribution in [3.05, 3.63) is 28.1 Å². The summed E-state index contributed by atoms with van der Waals surface area (Å²) in [7, 11) is 0. The number of rotatable bonds is 5. The SMILES string of the molecule is CCNc1nc(C)c(C(=O)N2CCC[C@H]2c2cc(C(C)C)on2)s1. The minimum absolute atomic E-state index is 0.00201. The number of carbonyl (C=O) groups excluding carboxylic acids is 1. The van der Waals surface area contributed by atoms with Gasteiger partial charge in [0.15, 0.2) is 5.13 Å². The average molecular weight is 348 g/mol. The number of aromatic nitrogens is 2. The molecule has 0 aromatic carbocycles. The predicted octanol–water partition coefficient (Wildman–Crippen LogP) is 3.97. The molecule has 1 aliphatic heterocycles. The molecule has 1 aliphatic rings. The molecule has 1 saturated heterocycles. The van der Waals surface area contributed by atoms with Crippen LogP contribution in [0.3, 0.4) is 0 Å². The van der Waals surface area contributed by atoms with Crippen molar-refractivity contribution in [2.45, 2.75) is 52.5 Å². The zero-order valence-corrected chi connectivity index (χ0v) is 15.4. The smallest absolute Gasteiger partial charge is 0.266 e. The van der Waals surface area contributed by atoms with E-state index >= 15 is 0 Å². The van der Waals surface area contributed by atoms with Gasteiger partial charge in [-0.05, 0) is 26.7 Å². The summed E-state index contributed by atoms with van der Waals surface area (Å²) in [6, 6.07) is 1.99. The van der Waals surface area contributed by atoms with Crippen molar-refractivity contribution >= 4 is 22.4 Å². The topological polar surface area (TPSA) is 71.3 Å². The average Bonchev–Trinajstić information content (AvgIpc) is 3.25. The Hall–Kier alpha value is -1.89. The van der Waals surface area contributed by atoms with Crippen molar-refractivity contribution in [1.29, 1.82) is 0 Å². The van der Waals surface area contributed by atoms with Crippen molar-refractivity contribution in [3.8, 4) is 0 Å². The normalized spacial score (nSPS) is 17.7. The summed E-state index contributed by atoms with van der Waals surface area (Å²) in [5, 5.41) is 8.19. The van der Waals surface area contributed by atoms with Crippen LogP contribution < -0.4 is 5.32 Å². The minimum Gasteiger partial charge on any atom is -0.362 e. The lowest BCUT2D eigenvalue weighted by Crippen LogP contribution is -2.30. The molecule has 130 valence electrons. The highest BCUT2D eigenvalue weighted by Crippen LogP contribution is 2.35. The van der Waals surface area contributed by atoms with E-state index in [1.54, 1.807) is 0 Å². The van der Waals surface area contributed by atoms with Crippen LogP contribution in [0.25, 0.3) is 0 Å². The Kier molecular flexibility index (Phi) is 4.89. The minimum atomic E-state index is -0.00201. The first-order valence-corrected chi connectivity index (χ1v) is 9.31. The number of aryl methyl sites for hydroxylation is 1. The van der Waals surface area contributed by atoms with Gasteiger partial charge in [-0.3, -0.25) is 4.79 Å². The monoisotopic (exact) mass is 348 g/mol. The Balaban J connectivity index is 1.83. The van der Waals surface area contributed by atoms with Crippen LogP contribution in [0.1, 0.15) is 72.4 Å². The summed E-state index contributed by atoms with van der Waals surface area (Å²) in [5.74, 6) is 1.21.